The maximum Gasteiger partial charge on any atom is 0.407 e. The Balaban J connectivity index is 4.12. The number of carbonyl (C=O) groups is 3. The van der Waals surface area contributed by atoms with Crippen molar-refractivity contribution in [2.24, 2.45) is 11.3 Å². The van der Waals surface area contributed by atoms with Gasteiger partial charge in [-0.2, -0.15) is 0 Å². The number of nitrogens with one attached hydrogen (secondary N) is 2. The van der Waals surface area contributed by atoms with E-state index in [0.717, 1.165) is 12.8 Å². The highest BCUT2D eigenvalue weighted by molar-refractivity contribution is 5.87. The predicted octanol–water partition coefficient (Wildman–Crippen LogP) is 1.70. The van der Waals surface area contributed by atoms with Crippen LogP contribution in [-0.2, 0) is 19.0 Å². The maximum absolute atomic E-state index is 11.8. The van der Waals surface area contributed by atoms with E-state index in [9.17, 15) is 19.5 Å². The van der Waals surface area contributed by atoms with Gasteiger partial charge < -0.3 is 35.1 Å². The molecule has 4 N–H and O–H groups in total. The summed E-state index contributed by atoms with van der Waals surface area (Å²) in [6, 6.07) is 0. The molecule has 0 fully saturated rings. The highest BCUT2D eigenvalue weighted by Crippen LogP contribution is 2.26. The first-order valence-electron chi connectivity index (χ1n) is 9.94. The van der Waals surface area contributed by atoms with E-state index < -0.39 is 31.1 Å². The van der Waals surface area contributed by atoms with Crippen LogP contribution in [0.15, 0.2) is 11.6 Å². The molecule has 0 radical (unpaired) electrons. The normalized spacial score (nSPS) is 13.8. The van der Waals surface area contributed by atoms with E-state index in [-0.39, 0.29) is 24.5 Å². The summed E-state index contributed by atoms with van der Waals surface area (Å²) in [5, 5.41) is 23.4. The van der Waals surface area contributed by atoms with Crippen molar-refractivity contribution >= 4 is 18.2 Å². The predicted molar refractivity (Wildman–Crippen MR) is 109 cm³/mol. The minimum absolute atomic E-state index is 0.0366. The quantitative estimate of drug-likeness (QED) is 0.149. The third kappa shape index (κ3) is 13.8. The molecule has 30 heavy (non-hydrogen) atoms. The molecule has 0 spiro atoms. The summed E-state index contributed by atoms with van der Waals surface area (Å²) in [6.07, 6.45) is 0.234. The van der Waals surface area contributed by atoms with Crippen molar-refractivity contribution in [3.8, 4) is 0 Å². The second-order valence-corrected chi connectivity index (χ2v) is 7.83. The van der Waals surface area contributed by atoms with E-state index in [4.69, 9.17) is 19.3 Å². The Morgan fingerprint density at radius 3 is 2.37 bits per heavy atom. The number of carbonyl (C=O) groups excluding carboxylic acids is 3. The SMILES string of the molecule is CC=C(C)C(=O)OC(O)COC(=O)NCC(C)(C)CC(C)CCNC(=O)OCCO. The van der Waals surface area contributed by atoms with Gasteiger partial charge in [-0.3, -0.25) is 0 Å². The summed E-state index contributed by atoms with van der Waals surface area (Å²) >= 11 is 0. The van der Waals surface area contributed by atoms with Crippen LogP contribution in [0.5, 0.6) is 0 Å². The minimum Gasteiger partial charge on any atom is -0.447 e. The third-order valence-electron chi connectivity index (χ3n) is 4.20. The first-order chi connectivity index (χ1) is 14.0. The lowest BCUT2D eigenvalue weighted by atomic mass is 9.82. The molecule has 0 aliphatic heterocycles. The average Bonchev–Trinajstić information content (AvgIpc) is 2.68. The van der Waals surface area contributed by atoms with Crippen LogP contribution in [0.1, 0.15) is 47.5 Å². The van der Waals surface area contributed by atoms with Gasteiger partial charge in [-0.15, -0.1) is 0 Å². The van der Waals surface area contributed by atoms with Crippen LogP contribution < -0.4 is 10.6 Å². The van der Waals surface area contributed by atoms with Crippen molar-refractivity contribution in [1.29, 1.82) is 0 Å². The Labute approximate surface area is 177 Å². The Kier molecular flexibility index (Phi) is 13.5. The molecule has 0 saturated heterocycles. The molecular weight excluding hydrogens is 396 g/mol. The first kappa shape index (κ1) is 27.7. The molecule has 0 heterocycles. The number of allylic oxidation sites excluding steroid dienone is 1. The standard InChI is InChI=1S/C20H36N2O8/c1-6-15(3)17(25)30-16(24)12-29-19(27)22-13-20(4,5)11-14(2)7-8-21-18(26)28-10-9-23/h6,14,16,23-24H,7-13H2,1-5H3,(H,21,26)(H,22,27). The summed E-state index contributed by atoms with van der Waals surface area (Å²) < 4.78 is 14.3. The van der Waals surface area contributed by atoms with Crippen LogP contribution in [0.2, 0.25) is 0 Å². The number of amides is 2. The number of aliphatic hydroxyl groups is 2. The largest absolute Gasteiger partial charge is 0.447 e. The molecule has 2 amide bonds. The maximum atomic E-state index is 11.8. The molecule has 10 heteroatoms. The van der Waals surface area contributed by atoms with Gasteiger partial charge in [0.25, 0.3) is 0 Å². The van der Waals surface area contributed by atoms with E-state index in [1.807, 2.05) is 20.8 Å². The topological polar surface area (TPSA) is 143 Å². The Bertz CT molecular complexity index is 577. The Morgan fingerprint density at radius 2 is 1.77 bits per heavy atom. The number of aliphatic hydroxyl groups excluding tert-OH is 2. The third-order valence-corrected chi connectivity index (χ3v) is 4.20. The van der Waals surface area contributed by atoms with Crippen LogP contribution in [0.25, 0.3) is 0 Å². The molecule has 0 aliphatic rings. The Morgan fingerprint density at radius 1 is 1.13 bits per heavy atom. The number of esters is 1. The van der Waals surface area contributed by atoms with Crippen LogP contribution in [0.3, 0.4) is 0 Å². The molecule has 174 valence electrons. The summed E-state index contributed by atoms with van der Waals surface area (Å²) in [5.74, 6) is -0.410. The van der Waals surface area contributed by atoms with Gasteiger partial charge in [-0.05, 0) is 38.0 Å². The molecule has 0 aromatic heterocycles. The number of hydrogen-bond acceptors (Lipinski definition) is 8. The van der Waals surface area contributed by atoms with Crippen LogP contribution in [0.4, 0.5) is 9.59 Å². The van der Waals surface area contributed by atoms with Gasteiger partial charge in [0.1, 0.15) is 6.61 Å². The zero-order valence-corrected chi connectivity index (χ0v) is 18.5. The smallest absolute Gasteiger partial charge is 0.407 e. The second kappa shape index (κ2) is 14.6. The fourth-order valence-corrected chi connectivity index (χ4v) is 2.61. The van der Waals surface area contributed by atoms with E-state index in [1.54, 1.807) is 19.9 Å². The molecule has 0 bridgehead atoms. The van der Waals surface area contributed by atoms with Crippen LogP contribution >= 0.6 is 0 Å². The van der Waals surface area contributed by atoms with Gasteiger partial charge in [0.05, 0.1) is 6.61 Å². The summed E-state index contributed by atoms with van der Waals surface area (Å²) in [4.78, 5) is 34.6. The van der Waals surface area contributed by atoms with E-state index in [1.165, 1.54) is 0 Å². The van der Waals surface area contributed by atoms with Crippen molar-refractivity contribution in [3.63, 3.8) is 0 Å². The molecule has 2 unspecified atom stereocenters. The average molecular weight is 433 g/mol. The van der Waals surface area contributed by atoms with E-state index in [0.29, 0.717) is 18.7 Å². The zero-order chi connectivity index (χ0) is 23.2. The van der Waals surface area contributed by atoms with E-state index in [2.05, 4.69) is 10.6 Å². The van der Waals surface area contributed by atoms with Gasteiger partial charge in [0.2, 0.25) is 6.29 Å². The van der Waals surface area contributed by atoms with Gasteiger partial charge in [-0.25, -0.2) is 14.4 Å². The van der Waals surface area contributed by atoms with Crippen molar-refractivity contribution in [1.82, 2.24) is 10.6 Å². The number of alkyl carbamates (subject to hydrolysis) is 2. The van der Waals surface area contributed by atoms with Gasteiger partial charge in [0, 0.05) is 18.7 Å². The highest BCUT2D eigenvalue weighted by atomic mass is 16.7. The van der Waals surface area contributed by atoms with Gasteiger partial charge >= 0.3 is 18.2 Å². The van der Waals surface area contributed by atoms with Crippen LogP contribution in [0, 0.1) is 11.3 Å². The Hall–Kier alpha value is -2.33. The summed E-state index contributed by atoms with van der Waals surface area (Å²) in [5.41, 5.74) is 0.107. The monoisotopic (exact) mass is 432 g/mol. The molecule has 0 aromatic rings. The van der Waals surface area contributed by atoms with Crippen LogP contribution in [-0.4, -0.2) is 67.6 Å². The van der Waals surface area contributed by atoms with Crippen molar-refractivity contribution in [2.45, 2.75) is 53.8 Å². The summed E-state index contributed by atoms with van der Waals surface area (Å²) in [7, 11) is 0. The fourth-order valence-electron chi connectivity index (χ4n) is 2.61. The zero-order valence-electron chi connectivity index (χ0n) is 18.5. The van der Waals surface area contributed by atoms with Gasteiger partial charge in [0.15, 0.2) is 6.61 Å². The second-order valence-electron chi connectivity index (χ2n) is 7.83. The highest BCUT2D eigenvalue weighted by Gasteiger charge is 2.23. The lowest BCUT2D eigenvalue weighted by Gasteiger charge is -2.28. The lowest BCUT2D eigenvalue weighted by Crippen LogP contribution is -2.37. The number of rotatable bonds is 13. The first-order valence-corrected chi connectivity index (χ1v) is 9.94. The molecule has 0 rings (SSSR count). The lowest BCUT2D eigenvalue weighted by molar-refractivity contribution is -0.168. The minimum atomic E-state index is -1.54. The summed E-state index contributed by atoms with van der Waals surface area (Å²) in [6.45, 7) is 9.30. The van der Waals surface area contributed by atoms with Gasteiger partial charge in [-0.1, -0.05) is 26.8 Å². The van der Waals surface area contributed by atoms with Crippen molar-refractivity contribution in [2.75, 3.05) is 32.9 Å². The fraction of sp³-hybridized carbons (Fsp3) is 0.750. The van der Waals surface area contributed by atoms with Crippen molar-refractivity contribution in [3.05, 3.63) is 11.6 Å². The molecule has 0 aromatic carbocycles. The molecule has 2 atom stereocenters. The molecule has 10 nitrogen and oxygen atoms in total. The number of ether oxygens (including phenoxy) is 3. The number of hydrogen-bond donors (Lipinski definition) is 4. The van der Waals surface area contributed by atoms with E-state index >= 15 is 0 Å². The molecule has 0 saturated carbocycles. The van der Waals surface area contributed by atoms with Crippen molar-refractivity contribution < 1.29 is 38.8 Å². The molecular formula is C20H36N2O8. The molecule has 0 aliphatic carbocycles.